The highest BCUT2D eigenvalue weighted by Gasteiger charge is 2.10. The summed E-state index contributed by atoms with van der Waals surface area (Å²) >= 11 is 4.42. The van der Waals surface area contributed by atoms with Crippen LogP contribution in [0.4, 0.5) is 4.39 Å². The van der Waals surface area contributed by atoms with Crippen molar-refractivity contribution < 1.29 is 4.39 Å². The van der Waals surface area contributed by atoms with Gasteiger partial charge in [0.1, 0.15) is 5.82 Å². The monoisotopic (exact) mass is 301 g/mol. The van der Waals surface area contributed by atoms with Crippen LogP contribution in [-0.4, -0.2) is 9.59 Å². The molecule has 0 radical (unpaired) electrons. The molecule has 2 rings (SSSR count). The summed E-state index contributed by atoms with van der Waals surface area (Å²) in [7, 11) is 0. The van der Waals surface area contributed by atoms with Gasteiger partial charge in [0.15, 0.2) is 0 Å². The van der Waals surface area contributed by atoms with Crippen molar-refractivity contribution in [1.82, 2.24) is 9.59 Å². The molecule has 0 saturated heterocycles. The van der Waals surface area contributed by atoms with Crippen molar-refractivity contribution in [3.8, 4) is 0 Å². The number of nitrogens with two attached hydrogens (primary N) is 1. The van der Waals surface area contributed by atoms with Crippen molar-refractivity contribution >= 4 is 27.5 Å². The molecule has 2 aromatic rings. The minimum absolute atomic E-state index is 0.198. The first-order valence-corrected chi connectivity index (χ1v) is 6.26. The van der Waals surface area contributed by atoms with Crippen molar-refractivity contribution in [2.75, 3.05) is 0 Å². The fourth-order valence-corrected chi connectivity index (χ4v) is 2.30. The molecule has 6 heteroatoms. The van der Waals surface area contributed by atoms with Crippen molar-refractivity contribution in [3.63, 3.8) is 0 Å². The van der Waals surface area contributed by atoms with Crippen LogP contribution in [0.2, 0.25) is 0 Å². The largest absolute Gasteiger partial charge is 0.322 e. The fourth-order valence-electron chi connectivity index (χ4n) is 1.36. The van der Waals surface area contributed by atoms with Crippen LogP contribution in [0.15, 0.2) is 28.1 Å². The lowest BCUT2D eigenvalue weighted by molar-refractivity contribution is 0.618. The van der Waals surface area contributed by atoms with Gasteiger partial charge >= 0.3 is 0 Å². The van der Waals surface area contributed by atoms with Crippen molar-refractivity contribution in [1.29, 1.82) is 0 Å². The molecule has 2 N–H and O–H groups in total. The molecule has 0 saturated carbocycles. The standard InChI is InChI=1S/C10H9BrFN3S/c11-7-3-6(1-2-8(7)12)4-9(13)10-5-16-15-14-10/h1-3,5,9H,4,13H2. The van der Waals surface area contributed by atoms with E-state index in [1.54, 1.807) is 12.1 Å². The van der Waals surface area contributed by atoms with Crippen LogP contribution >= 0.6 is 27.5 Å². The smallest absolute Gasteiger partial charge is 0.137 e. The lowest BCUT2D eigenvalue weighted by atomic mass is 10.1. The Morgan fingerprint density at radius 3 is 2.94 bits per heavy atom. The second kappa shape index (κ2) is 4.99. The van der Waals surface area contributed by atoms with Gasteiger partial charge in [-0.05, 0) is 51.6 Å². The highest BCUT2D eigenvalue weighted by atomic mass is 79.9. The molecule has 0 fully saturated rings. The van der Waals surface area contributed by atoms with Gasteiger partial charge in [0, 0.05) is 5.38 Å². The van der Waals surface area contributed by atoms with Gasteiger partial charge in [-0.3, -0.25) is 0 Å². The molecule has 0 aliphatic carbocycles. The highest BCUT2D eigenvalue weighted by molar-refractivity contribution is 9.10. The van der Waals surface area contributed by atoms with E-state index in [4.69, 9.17) is 5.73 Å². The Morgan fingerprint density at radius 2 is 2.31 bits per heavy atom. The van der Waals surface area contributed by atoms with Gasteiger partial charge in [0.25, 0.3) is 0 Å². The molecule has 84 valence electrons. The van der Waals surface area contributed by atoms with E-state index in [1.165, 1.54) is 17.6 Å². The van der Waals surface area contributed by atoms with E-state index in [9.17, 15) is 4.39 Å². The topological polar surface area (TPSA) is 51.8 Å². The van der Waals surface area contributed by atoms with E-state index in [0.717, 1.165) is 11.3 Å². The van der Waals surface area contributed by atoms with E-state index in [0.29, 0.717) is 10.9 Å². The molecule has 0 bridgehead atoms. The molecule has 0 aliphatic rings. The Hall–Kier alpha value is -0.850. The van der Waals surface area contributed by atoms with Crippen LogP contribution in [0.1, 0.15) is 17.3 Å². The van der Waals surface area contributed by atoms with Gasteiger partial charge in [0.2, 0.25) is 0 Å². The number of hydrogen-bond donors (Lipinski definition) is 1. The average Bonchev–Trinajstić information content (AvgIpc) is 2.77. The van der Waals surface area contributed by atoms with Gasteiger partial charge in [-0.2, -0.15) is 0 Å². The number of aromatic nitrogens is 2. The number of hydrogen-bond acceptors (Lipinski definition) is 4. The number of benzene rings is 1. The summed E-state index contributed by atoms with van der Waals surface area (Å²) in [4.78, 5) is 0. The van der Waals surface area contributed by atoms with Crippen LogP contribution in [0, 0.1) is 5.82 Å². The maximum absolute atomic E-state index is 13.0. The molecule has 1 atom stereocenters. The molecule has 1 aromatic heterocycles. The van der Waals surface area contributed by atoms with E-state index in [2.05, 4.69) is 25.5 Å². The van der Waals surface area contributed by atoms with E-state index in [1.807, 2.05) is 5.38 Å². The van der Waals surface area contributed by atoms with Gasteiger partial charge in [-0.25, -0.2) is 4.39 Å². The Labute approximate surface area is 105 Å². The molecule has 1 aromatic carbocycles. The minimum atomic E-state index is -0.271. The van der Waals surface area contributed by atoms with Crippen molar-refractivity contribution in [3.05, 3.63) is 45.1 Å². The predicted octanol–water partition coefficient (Wildman–Crippen LogP) is 2.68. The molecule has 1 heterocycles. The second-order valence-corrected chi connectivity index (χ2v) is 4.85. The van der Waals surface area contributed by atoms with Crippen molar-refractivity contribution in [2.45, 2.75) is 12.5 Å². The summed E-state index contributed by atoms with van der Waals surface area (Å²) < 4.78 is 17.2. The Balaban J connectivity index is 2.12. The minimum Gasteiger partial charge on any atom is -0.322 e. The van der Waals surface area contributed by atoms with Gasteiger partial charge in [-0.1, -0.05) is 10.6 Å². The van der Waals surface area contributed by atoms with Crippen LogP contribution in [0.3, 0.4) is 0 Å². The summed E-state index contributed by atoms with van der Waals surface area (Å²) in [5.74, 6) is -0.271. The third-order valence-corrected chi connectivity index (χ3v) is 3.33. The molecule has 0 aliphatic heterocycles. The average molecular weight is 302 g/mol. The fraction of sp³-hybridized carbons (Fsp3) is 0.200. The highest BCUT2D eigenvalue weighted by Crippen LogP contribution is 2.20. The second-order valence-electron chi connectivity index (χ2n) is 3.39. The van der Waals surface area contributed by atoms with Crippen LogP contribution in [0.5, 0.6) is 0 Å². The molecule has 0 spiro atoms. The first-order valence-electron chi connectivity index (χ1n) is 4.63. The number of nitrogens with zero attached hydrogens (tertiary/aromatic N) is 2. The third kappa shape index (κ3) is 2.63. The summed E-state index contributed by atoms with van der Waals surface area (Å²) in [5.41, 5.74) is 7.69. The molecular weight excluding hydrogens is 293 g/mol. The Kier molecular flexibility index (Phi) is 3.63. The molecular formula is C10H9BrFN3S. The number of halogens is 2. The Morgan fingerprint density at radius 1 is 1.50 bits per heavy atom. The normalized spacial score (nSPS) is 12.7. The summed E-state index contributed by atoms with van der Waals surface area (Å²) in [6.07, 6.45) is 0.615. The van der Waals surface area contributed by atoms with Crippen LogP contribution in [0.25, 0.3) is 0 Å². The molecule has 1 unspecified atom stereocenters. The predicted molar refractivity (Wildman–Crippen MR) is 64.6 cm³/mol. The van der Waals surface area contributed by atoms with Gasteiger partial charge < -0.3 is 5.73 Å². The summed E-state index contributed by atoms with van der Waals surface area (Å²) in [6, 6.07) is 4.68. The molecule has 16 heavy (non-hydrogen) atoms. The first kappa shape index (κ1) is 11.6. The molecule has 0 amide bonds. The maximum Gasteiger partial charge on any atom is 0.137 e. The maximum atomic E-state index is 13.0. The zero-order chi connectivity index (χ0) is 11.5. The van der Waals surface area contributed by atoms with Crippen LogP contribution in [-0.2, 0) is 6.42 Å². The summed E-state index contributed by atoms with van der Waals surface area (Å²) in [6.45, 7) is 0. The van der Waals surface area contributed by atoms with E-state index in [-0.39, 0.29) is 11.9 Å². The quantitative estimate of drug-likeness (QED) is 0.948. The SMILES string of the molecule is NC(Cc1ccc(F)c(Br)c1)c1csnn1. The van der Waals surface area contributed by atoms with Gasteiger partial charge in [0.05, 0.1) is 16.2 Å². The number of rotatable bonds is 3. The lowest BCUT2D eigenvalue weighted by Crippen LogP contribution is -2.13. The zero-order valence-electron chi connectivity index (χ0n) is 8.23. The van der Waals surface area contributed by atoms with E-state index < -0.39 is 0 Å². The summed E-state index contributed by atoms with van der Waals surface area (Å²) in [5, 5.41) is 5.73. The molecule has 3 nitrogen and oxygen atoms in total. The zero-order valence-corrected chi connectivity index (χ0v) is 10.6. The van der Waals surface area contributed by atoms with E-state index >= 15 is 0 Å². The first-order chi connectivity index (χ1) is 7.66. The third-order valence-electron chi connectivity index (χ3n) is 2.20. The lowest BCUT2D eigenvalue weighted by Gasteiger charge is -2.08. The van der Waals surface area contributed by atoms with Crippen LogP contribution < -0.4 is 5.73 Å². The van der Waals surface area contributed by atoms with Gasteiger partial charge in [-0.15, -0.1) is 5.10 Å². The Bertz CT molecular complexity index is 475. The van der Waals surface area contributed by atoms with Crippen molar-refractivity contribution in [2.24, 2.45) is 5.73 Å².